The van der Waals surface area contributed by atoms with Crippen LogP contribution in [0.25, 0.3) is 0 Å². The van der Waals surface area contributed by atoms with E-state index in [-0.39, 0.29) is 15.9 Å². The van der Waals surface area contributed by atoms with E-state index in [1.54, 1.807) is 0 Å². The van der Waals surface area contributed by atoms with Gasteiger partial charge < -0.3 is 10.6 Å². The second-order valence-electron chi connectivity index (χ2n) is 2.44. The van der Waals surface area contributed by atoms with E-state index in [4.69, 9.17) is 0 Å². The molecule has 58 valence electrons. The quantitative estimate of drug-likeness (QED) is 0.366. The van der Waals surface area contributed by atoms with Crippen LogP contribution in [0.2, 0.25) is 0 Å². The number of rotatable bonds is 0. The van der Waals surface area contributed by atoms with Gasteiger partial charge >= 0.3 is 0 Å². The van der Waals surface area contributed by atoms with Crippen molar-refractivity contribution in [3.05, 3.63) is 0 Å². The van der Waals surface area contributed by atoms with Gasteiger partial charge in [0.25, 0.3) is 0 Å². The molecule has 1 saturated heterocycles. The van der Waals surface area contributed by atoms with Crippen LogP contribution in [-0.4, -0.2) is 23.0 Å². The van der Waals surface area contributed by atoms with E-state index in [0.717, 1.165) is 13.1 Å². The molecule has 0 aromatic carbocycles. The van der Waals surface area contributed by atoms with Crippen LogP contribution in [0.5, 0.6) is 0 Å². The van der Waals surface area contributed by atoms with Crippen molar-refractivity contribution in [3.63, 3.8) is 0 Å². The average Bonchev–Trinajstić information content (AvgIpc) is 2.04. The lowest BCUT2D eigenvalue weighted by molar-refractivity contribution is -0.123. The van der Waals surface area contributed by atoms with Gasteiger partial charge in [0.2, 0.25) is 5.91 Å². The van der Waals surface area contributed by atoms with E-state index in [1.165, 1.54) is 0 Å². The Balaban J connectivity index is 2.55. The molecule has 10 heavy (non-hydrogen) atoms. The zero-order valence-electron chi connectivity index (χ0n) is 5.86. The summed E-state index contributed by atoms with van der Waals surface area (Å²) in [6.45, 7) is 3.57. The minimum atomic E-state index is 0.0862. The van der Waals surface area contributed by atoms with Crippen LogP contribution < -0.4 is 10.6 Å². The van der Waals surface area contributed by atoms with Gasteiger partial charge in [0.15, 0.2) is 0 Å². The molecular formula is C6H11IN2O. The summed E-state index contributed by atoms with van der Waals surface area (Å²) in [5, 5.41) is 6.05. The largest absolute Gasteiger partial charge is 0.355 e. The highest BCUT2D eigenvalue weighted by Crippen LogP contribution is 2.11. The van der Waals surface area contributed by atoms with E-state index < -0.39 is 0 Å². The van der Waals surface area contributed by atoms with Gasteiger partial charge in [0.1, 0.15) is 0 Å². The van der Waals surface area contributed by atoms with E-state index in [1.807, 2.05) is 6.92 Å². The minimum absolute atomic E-state index is 0.0862. The third kappa shape index (κ3) is 1.82. The first kappa shape index (κ1) is 8.26. The average molecular weight is 254 g/mol. The fraction of sp³-hybridized carbons (Fsp3) is 0.833. The maximum Gasteiger partial charge on any atom is 0.225 e. The summed E-state index contributed by atoms with van der Waals surface area (Å²) in [5.41, 5.74) is 0. The van der Waals surface area contributed by atoms with Gasteiger partial charge in [-0.15, -0.1) is 0 Å². The molecule has 0 aliphatic carbocycles. The van der Waals surface area contributed by atoms with Gasteiger partial charge in [0, 0.05) is 13.1 Å². The van der Waals surface area contributed by atoms with Crippen molar-refractivity contribution in [1.29, 1.82) is 0 Å². The standard InChI is InChI=1S/C6H11IN2O/c1-4-5(7)8-2-3-9-6(4)10/h4-5,8H,2-3H2,1H3,(H,9,10). The zero-order valence-corrected chi connectivity index (χ0v) is 8.01. The molecule has 0 aromatic rings. The Morgan fingerprint density at radius 2 is 2.30 bits per heavy atom. The van der Waals surface area contributed by atoms with Crippen LogP contribution in [0.4, 0.5) is 0 Å². The van der Waals surface area contributed by atoms with Crippen molar-refractivity contribution in [3.8, 4) is 0 Å². The summed E-state index contributed by atoms with van der Waals surface area (Å²) in [6, 6.07) is 0. The summed E-state index contributed by atoms with van der Waals surface area (Å²) in [7, 11) is 0. The first-order valence-corrected chi connectivity index (χ1v) is 4.61. The first-order valence-electron chi connectivity index (χ1n) is 3.37. The van der Waals surface area contributed by atoms with Gasteiger partial charge in [-0.25, -0.2) is 0 Å². The van der Waals surface area contributed by atoms with Gasteiger partial charge in [-0.2, -0.15) is 0 Å². The first-order chi connectivity index (χ1) is 4.72. The number of halogens is 1. The highest BCUT2D eigenvalue weighted by Gasteiger charge is 2.22. The molecule has 1 aliphatic heterocycles. The number of hydrogen-bond donors (Lipinski definition) is 2. The van der Waals surface area contributed by atoms with E-state index >= 15 is 0 Å². The van der Waals surface area contributed by atoms with Crippen LogP contribution in [0.15, 0.2) is 0 Å². The predicted octanol–water partition coefficient (Wildman–Crippen LogP) is 0.103. The number of amides is 1. The second-order valence-corrected chi connectivity index (χ2v) is 3.78. The zero-order chi connectivity index (χ0) is 7.56. The summed E-state index contributed by atoms with van der Waals surface area (Å²) < 4.78 is 0.278. The fourth-order valence-electron chi connectivity index (χ4n) is 0.866. The van der Waals surface area contributed by atoms with Gasteiger partial charge in [-0.1, -0.05) is 29.5 Å². The van der Waals surface area contributed by atoms with Crippen LogP contribution in [0.1, 0.15) is 6.92 Å². The Morgan fingerprint density at radius 3 is 3.00 bits per heavy atom. The lowest BCUT2D eigenvalue weighted by atomic mass is 10.2. The molecule has 0 aromatic heterocycles. The van der Waals surface area contributed by atoms with E-state index in [9.17, 15) is 4.79 Å². The molecule has 0 radical (unpaired) electrons. The number of carbonyl (C=O) groups is 1. The second kappa shape index (κ2) is 3.52. The van der Waals surface area contributed by atoms with Crippen LogP contribution in [0, 0.1) is 5.92 Å². The van der Waals surface area contributed by atoms with Crippen molar-refractivity contribution in [2.75, 3.05) is 13.1 Å². The molecule has 2 unspecified atom stereocenters. The van der Waals surface area contributed by atoms with Gasteiger partial charge in [-0.05, 0) is 0 Å². The van der Waals surface area contributed by atoms with Crippen molar-refractivity contribution in [1.82, 2.24) is 10.6 Å². The number of carbonyl (C=O) groups excluding carboxylic acids is 1. The molecule has 1 fully saturated rings. The number of nitrogens with one attached hydrogen (secondary N) is 2. The predicted molar refractivity (Wildman–Crippen MR) is 48.0 cm³/mol. The highest BCUT2D eigenvalue weighted by atomic mass is 127. The lowest BCUT2D eigenvalue weighted by Crippen LogP contribution is -2.32. The minimum Gasteiger partial charge on any atom is -0.355 e. The smallest absolute Gasteiger partial charge is 0.225 e. The third-order valence-corrected chi connectivity index (χ3v) is 3.14. The van der Waals surface area contributed by atoms with Crippen LogP contribution >= 0.6 is 22.6 Å². The molecule has 2 N–H and O–H groups in total. The fourth-order valence-corrected chi connectivity index (χ4v) is 1.50. The molecule has 1 aliphatic rings. The van der Waals surface area contributed by atoms with E-state index in [0.29, 0.717) is 0 Å². The van der Waals surface area contributed by atoms with Gasteiger partial charge in [0.05, 0.1) is 9.97 Å². The topological polar surface area (TPSA) is 41.1 Å². The molecule has 2 atom stereocenters. The maximum atomic E-state index is 11.1. The summed E-state index contributed by atoms with van der Waals surface area (Å²) in [6.07, 6.45) is 0. The Kier molecular flexibility index (Phi) is 2.91. The van der Waals surface area contributed by atoms with Crippen molar-refractivity contribution >= 4 is 28.5 Å². The molecule has 1 rings (SSSR count). The highest BCUT2D eigenvalue weighted by molar-refractivity contribution is 14.1. The lowest BCUT2D eigenvalue weighted by Gasteiger charge is -2.12. The summed E-state index contributed by atoms with van der Waals surface area (Å²) in [5.74, 6) is 0.243. The normalized spacial score (nSPS) is 34.8. The molecule has 0 saturated carbocycles. The number of hydrogen-bond acceptors (Lipinski definition) is 2. The number of alkyl halides is 1. The molecular weight excluding hydrogens is 243 g/mol. The summed E-state index contributed by atoms with van der Waals surface area (Å²) >= 11 is 2.25. The monoisotopic (exact) mass is 254 g/mol. The Morgan fingerprint density at radius 1 is 1.60 bits per heavy atom. The van der Waals surface area contributed by atoms with E-state index in [2.05, 4.69) is 33.2 Å². The van der Waals surface area contributed by atoms with Crippen molar-refractivity contribution < 1.29 is 4.79 Å². The van der Waals surface area contributed by atoms with Crippen molar-refractivity contribution in [2.45, 2.75) is 11.0 Å². The van der Waals surface area contributed by atoms with Crippen molar-refractivity contribution in [2.24, 2.45) is 5.92 Å². The van der Waals surface area contributed by atoms with Crippen LogP contribution in [0.3, 0.4) is 0 Å². The summed E-state index contributed by atoms with van der Waals surface area (Å²) in [4.78, 5) is 11.1. The maximum absolute atomic E-state index is 11.1. The van der Waals surface area contributed by atoms with Crippen LogP contribution in [-0.2, 0) is 4.79 Å². The Labute approximate surface area is 74.1 Å². The Hall–Kier alpha value is 0.160. The third-order valence-electron chi connectivity index (χ3n) is 1.62. The molecule has 3 nitrogen and oxygen atoms in total. The SMILES string of the molecule is CC1C(=O)NCCNC1I. The molecule has 0 bridgehead atoms. The molecule has 4 heteroatoms. The Bertz CT molecular complexity index is 140. The van der Waals surface area contributed by atoms with Gasteiger partial charge in [-0.3, -0.25) is 4.79 Å². The molecule has 0 spiro atoms. The molecule has 1 heterocycles. The molecule has 1 amide bonds.